The highest BCUT2D eigenvalue weighted by Gasteiger charge is 2.11. The second-order valence-corrected chi connectivity index (χ2v) is 6.44. The molecule has 0 aliphatic rings. The first-order valence-electron chi connectivity index (χ1n) is 7.24. The smallest absolute Gasteiger partial charge is 0.118 e. The Kier molecular flexibility index (Phi) is 4.65. The summed E-state index contributed by atoms with van der Waals surface area (Å²) in [5.41, 5.74) is 3.29. The van der Waals surface area contributed by atoms with Crippen LogP contribution < -0.4 is 0 Å². The van der Waals surface area contributed by atoms with Gasteiger partial charge in [0.25, 0.3) is 0 Å². The maximum Gasteiger partial charge on any atom is 0.118 e. The number of benzene rings is 2. The molecule has 3 aromatic rings. The quantitative estimate of drug-likeness (QED) is 0.593. The second kappa shape index (κ2) is 6.67. The van der Waals surface area contributed by atoms with Crippen LogP contribution >= 0.6 is 27.5 Å². The van der Waals surface area contributed by atoms with Crippen molar-refractivity contribution < 1.29 is 0 Å². The zero-order chi connectivity index (χ0) is 15.5. The molecule has 0 saturated carbocycles. The van der Waals surface area contributed by atoms with E-state index >= 15 is 0 Å². The van der Waals surface area contributed by atoms with Crippen LogP contribution in [0, 0.1) is 0 Å². The molecule has 3 rings (SSSR count). The number of rotatable bonds is 4. The van der Waals surface area contributed by atoms with Crippen molar-refractivity contribution in [2.45, 2.75) is 19.8 Å². The minimum Gasteiger partial charge on any atom is -0.303 e. The van der Waals surface area contributed by atoms with Crippen LogP contribution in [0.4, 0.5) is 0 Å². The summed E-state index contributed by atoms with van der Waals surface area (Å²) in [6.45, 7) is 2.12. The molecular formula is C18H16BrClN2. The summed E-state index contributed by atoms with van der Waals surface area (Å²) in [6.07, 6.45) is 3.74. The average Bonchev–Trinajstić information content (AvgIpc) is 2.93. The van der Waals surface area contributed by atoms with E-state index in [1.54, 1.807) is 0 Å². The van der Waals surface area contributed by atoms with Crippen LogP contribution in [-0.2, 0) is 12.8 Å². The summed E-state index contributed by atoms with van der Waals surface area (Å²) in [7, 11) is 0. The average molecular weight is 376 g/mol. The molecule has 0 amide bonds. The van der Waals surface area contributed by atoms with E-state index in [-0.39, 0.29) is 0 Å². The van der Waals surface area contributed by atoms with E-state index in [1.165, 1.54) is 0 Å². The van der Waals surface area contributed by atoms with Crippen LogP contribution in [-0.4, -0.2) is 9.55 Å². The third-order valence-electron chi connectivity index (χ3n) is 3.60. The highest BCUT2D eigenvalue weighted by Crippen LogP contribution is 2.22. The third-order valence-corrected chi connectivity index (χ3v) is 4.50. The van der Waals surface area contributed by atoms with Crippen molar-refractivity contribution in [2.75, 3.05) is 0 Å². The molecule has 0 N–H and O–H groups in total. The Balaban J connectivity index is 2.02. The van der Waals surface area contributed by atoms with Gasteiger partial charge in [-0.05, 0) is 42.3 Å². The first-order valence-corrected chi connectivity index (χ1v) is 8.41. The van der Waals surface area contributed by atoms with Gasteiger partial charge in [-0.15, -0.1) is 0 Å². The molecule has 0 spiro atoms. The standard InChI is InChI=1S/C18H16BrClN2/c1-2-15-12-22(16-9-7-14(19)8-10-16)18(21-15)11-13-5-3-4-6-17(13)20/h3-10,12H,2,11H2,1H3. The maximum atomic E-state index is 6.29. The van der Waals surface area contributed by atoms with Crippen LogP contribution in [0.1, 0.15) is 24.0 Å². The summed E-state index contributed by atoms with van der Waals surface area (Å²) < 4.78 is 3.22. The second-order valence-electron chi connectivity index (χ2n) is 5.12. The van der Waals surface area contributed by atoms with E-state index in [1.807, 2.05) is 30.3 Å². The summed E-state index contributed by atoms with van der Waals surface area (Å²) in [5, 5.41) is 0.783. The van der Waals surface area contributed by atoms with E-state index < -0.39 is 0 Å². The van der Waals surface area contributed by atoms with E-state index in [4.69, 9.17) is 16.6 Å². The van der Waals surface area contributed by atoms with Crippen molar-refractivity contribution in [1.29, 1.82) is 0 Å². The number of hydrogen-bond donors (Lipinski definition) is 0. The topological polar surface area (TPSA) is 17.8 Å². The van der Waals surface area contributed by atoms with Crippen molar-refractivity contribution in [3.05, 3.63) is 81.3 Å². The summed E-state index contributed by atoms with van der Waals surface area (Å²) >= 11 is 9.77. The Morgan fingerprint density at radius 1 is 1.09 bits per heavy atom. The fourth-order valence-corrected chi connectivity index (χ4v) is 2.87. The molecule has 4 heteroatoms. The Hall–Kier alpha value is -1.58. The van der Waals surface area contributed by atoms with Crippen LogP contribution in [0.3, 0.4) is 0 Å². The number of halogens is 2. The van der Waals surface area contributed by atoms with Crippen molar-refractivity contribution in [2.24, 2.45) is 0 Å². The molecule has 0 bridgehead atoms. The predicted octanol–water partition coefficient (Wildman–Crippen LogP) is 5.44. The summed E-state index contributed by atoms with van der Waals surface area (Å²) in [5.74, 6) is 1.01. The zero-order valence-corrected chi connectivity index (χ0v) is 14.6. The van der Waals surface area contributed by atoms with E-state index in [0.29, 0.717) is 0 Å². The molecule has 0 unspecified atom stereocenters. The van der Waals surface area contributed by atoms with Gasteiger partial charge in [0, 0.05) is 27.8 Å². The molecule has 2 nitrogen and oxygen atoms in total. The monoisotopic (exact) mass is 374 g/mol. The molecule has 0 fully saturated rings. The molecule has 0 aliphatic carbocycles. The van der Waals surface area contributed by atoms with Gasteiger partial charge in [0.05, 0.1) is 5.69 Å². The largest absolute Gasteiger partial charge is 0.303 e. The SMILES string of the molecule is CCc1cn(-c2ccc(Br)cc2)c(Cc2ccccc2Cl)n1. The van der Waals surface area contributed by atoms with Gasteiger partial charge < -0.3 is 4.57 Å². The first kappa shape index (κ1) is 15.3. The summed E-state index contributed by atoms with van der Waals surface area (Å²) in [6, 6.07) is 16.2. The fourth-order valence-electron chi connectivity index (χ4n) is 2.40. The van der Waals surface area contributed by atoms with Crippen molar-refractivity contribution in [3.63, 3.8) is 0 Å². The molecule has 0 saturated heterocycles. The highest BCUT2D eigenvalue weighted by molar-refractivity contribution is 9.10. The molecule has 1 heterocycles. The lowest BCUT2D eigenvalue weighted by Gasteiger charge is -2.09. The molecule has 0 aliphatic heterocycles. The Morgan fingerprint density at radius 2 is 1.82 bits per heavy atom. The number of nitrogens with zero attached hydrogens (tertiary/aromatic N) is 2. The Morgan fingerprint density at radius 3 is 2.50 bits per heavy atom. The lowest BCUT2D eigenvalue weighted by molar-refractivity contribution is 0.910. The minimum atomic E-state index is 0.718. The third kappa shape index (κ3) is 3.26. The Bertz CT molecular complexity index is 778. The molecule has 22 heavy (non-hydrogen) atoms. The normalized spacial score (nSPS) is 10.9. The lowest BCUT2D eigenvalue weighted by atomic mass is 10.1. The van der Waals surface area contributed by atoms with Gasteiger partial charge >= 0.3 is 0 Å². The van der Waals surface area contributed by atoms with Crippen molar-refractivity contribution in [1.82, 2.24) is 9.55 Å². The predicted molar refractivity (Wildman–Crippen MR) is 94.9 cm³/mol. The molecule has 2 aromatic carbocycles. The van der Waals surface area contributed by atoms with Gasteiger partial charge in [-0.3, -0.25) is 0 Å². The maximum absolute atomic E-state index is 6.29. The lowest BCUT2D eigenvalue weighted by Crippen LogP contribution is -2.01. The van der Waals surface area contributed by atoms with Crippen molar-refractivity contribution in [3.8, 4) is 5.69 Å². The number of aromatic nitrogens is 2. The van der Waals surface area contributed by atoms with Gasteiger partial charge in [0.15, 0.2) is 0 Å². The molecule has 0 atom stereocenters. The van der Waals surface area contributed by atoms with E-state index in [0.717, 1.165) is 45.1 Å². The van der Waals surface area contributed by atoms with Gasteiger partial charge in [0.1, 0.15) is 5.82 Å². The zero-order valence-electron chi connectivity index (χ0n) is 12.3. The fraction of sp³-hybridized carbons (Fsp3) is 0.167. The number of imidazole rings is 1. The van der Waals surface area contributed by atoms with Crippen molar-refractivity contribution >= 4 is 27.5 Å². The van der Waals surface area contributed by atoms with Gasteiger partial charge in [-0.2, -0.15) is 0 Å². The van der Waals surface area contributed by atoms with Crippen LogP contribution in [0.25, 0.3) is 5.69 Å². The van der Waals surface area contributed by atoms with E-state index in [2.05, 4.69) is 51.8 Å². The molecule has 112 valence electrons. The molecule has 0 radical (unpaired) electrons. The van der Waals surface area contributed by atoms with Crippen LogP contribution in [0.5, 0.6) is 0 Å². The number of hydrogen-bond acceptors (Lipinski definition) is 1. The van der Waals surface area contributed by atoms with Gasteiger partial charge in [-0.1, -0.05) is 52.7 Å². The van der Waals surface area contributed by atoms with Crippen LogP contribution in [0.15, 0.2) is 59.2 Å². The van der Waals surface area contributed by atoms with Crippen LogP contribution in [0.2, 0.25) is 5.02 Å². The molecular weight excluding hydrogens is 360 g/mol. The number of aryl methyl sites for hydroxylation is 1. The van der Waals surface area contributed by atoms with Gasteiger partial charge in [0.2, 0.25) is 0 Å². The minimum absolute atomic E-state index is 0.718. The van der Waals surface area contributed by atoms with E-state index in [9.17, 15) is 0 Å². The highest BCUT2D eigenvalue weighted by atomic mass is 79.9. The molecule has 1 aromatic heterocycles. The van der Waals surface area contributed by atoms with Gasteiger partial charge in [-0.25, -0.2) is 4.98 Å². The Labute approximate surface area is 143 Å². The summed E-state index contributed by atoms with van der Waals surface area (Å²) in [4.78, 5) is 4.76. The first-order chi connectivity index (χ1) is 10.7.